The molecule has 3 saturated carbocycles. The van der Waals surface area contributed by atoms with Crippen LogP contribution in [0.15, 0.2) is 12.2 Å². The lowest BCUT2D eigenvalue weighted by atomic mass is 9.46. The Labute approximate surface area is 146 Å². The maximum Gasteiger partial charge on any atom is 0.155 e. The highest BCUT2D eigenvalue weighted by atomic mass is 79.9. The monoisotopic (exact) mass is 380 g/mol. The Morgan fingerprint density at radius 3 is 2.70 bits per heavy atom. The topological polar surface area (TPSA) is 54.4 Å². The third-order valence-electron chi connectivity index (χ3n) is 7.76. The number of aliphatic hydroxyl groups excluding tert-OH is 1. The van der Waals surface area contributed by atoms with Gasteiger partial charge in [-0.15, -0.1) is 0 Å². The van der Waals surface area contributed by atoms with E-state index >= 15 is 0 Å². The van der Waals surface area contributed by atoms with E-state index in [1.54, 1.807) is 6.08 Å². The zero-order valence-electron chi connectivity index (χ0n) is 13.8. The number of hydrogen-bond donors (Lipinski definition) is 1. The van der Waals surface area contributed by atoms with Gasteiger partial charge in [-0.25, -0.2) is 0 Å². The standard InChI is InChI=1S/C19H25BrO3/c1-18-5-3-11(21)7-10(18)8-15(22)16-12(18)4-6-19(2)13(16)9-14(20)17(19)23/h3,5,10,12-16,22H,4,6-9H2,1-2H3/t10?,12-,13-,14+,15+,16+,18-,19-/m0/s1. The van der Waals surface area contributed by atoms with Crippen LogP contribution in [0.25, 0.3) is 0 Å². The Morgan fingerprint density at radius 2 is 1.96 bits per heavy atom. The Hall–Kier alpha value is -0.480. The van der Waals surface area contributed by atoms with E-state index in [4.69, 9.17) is 0 Å². The summed E-state index contributed by atoms with van der Waals surface area (Å²) in [7, 11) is 0. The van der Waals surface area contributed by atoms with Gasteiger partial charge in [-0.1, -0.05) is 35.9 Å². The second kappa shape index (κ2) is 5.01. The van der Waals surface area contributed by atoms with Crippen molar-refractivity contribution in [3.63, 3.8) is 0 Å². The minimum atomic E-state index is -0.382. The molecule has 8 atom stereocenters. The summed E-state index contributed by atoms with van der Waals surface area (Å²) in [5, 5.41) is 10.9. The molecule has 4 aliphatic carbocycles. The maximum atomic E-state index is 12.7. The fraction of sp³-hybridized carbons (Fsp3) is 0.789. The first-order chi connectivity index (χ1) is 10.8. The third kappa shape index (κ3) is 2.03. The van der Waals surface area contributed by atoms with Gasteiger partial charge >= 0.3 is 0 Å². The van der Waals surface area contributed by atoms with E-state index < -0.39 is 0 Å². The van der Waals surface area contributed by atoms with Crippen LogP contribution in [0, 0.1) is 34.5 Å². The van der Waals surface area contributed by atoms with Gasteiger partial charge in [0.25, 0.3) is 0 Å². The molecule has 3 nitrogen and oxygen atoms in total. The smallest absolute Gasteiger partial charge is 0.155 e. The van der Waals surface area contributed by atoms with Crippen molar-refractivity contribution in [3.8, 4) is 0 Å². The molecule has 0 saturated heterocycles. The molecule has 0 aliphatic heterocycles. The van der Waals surface area contributed by atoms with E-state index in [1.165, 1.54) is 0 Å². The lowest BCUT2D eigenvalue weighted by Crippen LogP contribution is -2.57. The predicted molar refractivity (Wildman–Crippen MR) is 91.1 cm³/mol. The molecule has 23 heavy (non-hydrogen) atoms. The largest absolute Gasteiger partial charge is 0.393 e. The van der Waals surface area contributed by atoms with Crippen molar-refractivity contribution in [2.75, 3.05) is 0 Å². The quantitative estimate of drug-likeness (QED) is 0.656. The lowest BCUT2D eigenvalue weighted by Gasteiger charge is -2.59. The summed E-state index contributed by atoms with van der Waals surface area (Å²) in [6, 6.07) is 0. The highest BCUT2D eigenvalue weighted by Gasteiger charge is 2.63. The van der Waals surface area contributed by atoms with Crippen LogP contribution in [0.5, 0.6) is 0 Å². The van der Waals surface area contributed by atoms with Crippen molar-refractivity contribution in [1.29, 1.82) is 0 Å². The SMILES string of the molecule is C[C@]12C=CC(=O)CC1C[C@@H](O)[C@@H]1[C@@H]2CC[C@]2(C)C(=O)[C@H](Br)C[C@@H]12. The molecular formula is C19H25BrO3. The molecule has 1 N–H and O–H groups in total. The molecule has 0 heterocycles. The Balaban J connectivity index is 1.74. The fourth-order valence-electron chi connectivity index (χ4n) is 6.36. The summed E-state index contributed by atoms with van der Waals surface area (Å²) in [6.07, 6.45) is 7.49. The number of allylic oxidation sites excluding steroid dienone is 2. The van der Waals surface area contributed by atoms with Gasteiger partial charge in [0.05, 0.1) is 10.9 Å². The average molecular weight is 381 g/mol. The van der Waals surface area contributed by atoms with Gasteiger partial charge in [-0.2, -0.15) is 0 Å². The number of alkyl halides is 1. The van der Waals surface area contributed by atoms with E-state index in [0.717, 1.165) is 19.3 Å². The Bertz CT molecular complexity index is 599. The van der Waals surface area contributed by atoms with Gasteiger partial charge < -0.3 is 5.11 Å². The van der Waals surface area contributed by atoms with Crippen molar-refractivity contribution in [2.24, 2.45) is 34.5 Å². The lowest BCUT2D eigenvalue weighted by molar-refractivity contribution is -0.150. The summed E-state index contributed by atoms with van der Waals surface area (Å²) in [5.41, 5.74) is -0.291. The summed E-state index contributed by atoms with van der Waals surface area (Å²) in [5.74, 6) is 1.59. The van der Waals surface area contributed by atoms with Crippen LogP contribution >= 0.6 is 15.9 Å². The molecule has 4 rings (SSSR count). The van der Waals surface area contributed by atoms with Crippen LogP contribution in [0.2, 0.25) is 0 Å². The zero-order chi connectivity index (χ0) is 16.6. The molecule has 0 aromatic carbocycles. The van der Waals surface area contributed by atoms with Crippen LogP contribution < -0.4 is 0 Å². The first-order valence-corrected chi connectivity index (χ1v) is 9.77. The van der Waals surface area contributed by atoms with Crippen LogP contribution in [0.4, 0.5) is 0 Å². The van der Waals surface area contributed by atoms with Crippen LogP contribution in [-0.4, -0.2) is 27.6 Å². The number of hydrogen-bond acceptors (Lipinski definition) is 3. The second-order valence-electron chi connectivity index (χ2n) is 8.68. The van der Waals surface area contributed by atoms with Gasteiger partial charge in [-0.3, -0.25) is 9.59 Å². The number of carbonyl (C=O) groups excluding carboxylic acids is 2. The normalized spacial score (nSPS) is 55.3. The van der Waals surface area contributed by atoms with E-state index in [1.807, 2.05) is 0 Å². The van der Waals surface area contributed by atoms with E-state index in [9.17, 15) is 14.7 Å². The number of Topliss-reactive ketones (excluding diaryl/α,β-unsaturated/α-hetero) is 1. The van der Waals surface area contributed by atoms with Gasteiger partial charge in [-0.05, 0) is 60.8 Å². The Morgan fingerprint density at radius 1 is 1.22 bits per heavy atom. The van der Waals surface area contributed by atoms with Crippen molar-refractivity contribution in [1.82, 2.24) is 0 Å². The van der Waals surface area contributed by atoms with Crippen LogP contribution in [-0.2, 0) is 9.59 Å². The van der Waals surface area contributed by atoms with Gasteiger partial charge in [0.1, 0.15) is 0 Å². The predicted octanol–water partition coefficient (Wildman–Crippen LogP) is 3.29. The molecule has 0 amide bonds. The zero-order valence-corrected chi connectivity index (χ0v) is 15.4. The van der Waals surface area contributed by atoms with Crippen LogP contribution in [0.3, 0.4) is 0 Å². The average Bonchev–Trinajstić information content (AvgIpc) is 2.73. The van der Waals surface area contributed by atoms with Gasteiger partial charge in [0.15, 0.2) is 11.6 Å². The summed E-state index contributed by atoms with van der Waals surface area (Å²) in [4.78, 5) is 24.4. The highest BCUT2D eigenvalue weighted by molar-refractivity contribution is 9.10. The number of aliphatic hydroxyl groups is 1. The molecule has 0 bridgehead atoms. The molecule has 0 radical (unpaired) electrons. The van der Waals surface area contributed by atoms with Gasteiger partial charge in [0, 0.05) is 11.8 Å². The number of rotatable bonds is 0. The number of fused-ring (bicyclic) bond motifs is 5. The molecule has 0 aromatic rings. The van der Waals surface area contributed by atoms with Crippen molar-refractivity contribution >= 4 is 27.5 Å². The van der Waals surface area contributed by atoms with E-state index in [-0.39, 0.29) is 45.3 Å². The maximum absolute atomic E-state index is 12.7. The molecule has 0 aromatic heterocycles. The van der Waals surface area contributed by atoms with Crippen molar-refractivity contribution in [2.45, 2.75) is 56.9 Å². The van der Waals surface area contributed by atoms with Crippen molar-refractivity contribution < 1.29 is 14.7 Å². The molecule has 4 heteroatoms. The van der Waals surface area contributed by atoms with E-state index in [2.05, 4.69) is 35.9 Å². The van der Waals surface area contributed by atoms with Crippen LogP contribution in [0.1, 0.15) is 46.0 Å². The fourth-order valence-corrected chi connectivity index (χ4v) is 7.29. The summed E-state index contributed by atoms with van der Waals surface area (Å²) >= 11 is 3.57. The second-order valence-corrected chi connectivity index (χ2v) is 9.79. The first-order valence-electron chi connectivity index (χ1n) is 8.86. The minimum absolute atomic E-state index is 0.00736. The summed E-state index contributed by atoms with van der Waals surface area (Å²) in [6.45, 7) is 4.38. The first kappa shape index (κ1) is 16.0. The highest BCUT2D eigenvalue weighted by Crippen LogP contribution is 2.64. The Kier molecular flexibility index (Phi) is 3.49. The number of ketones is 2. The van der Waals surface area contributed by atoms with E-state index in [0.29, 0.717) is 24.5 Å². The van der Waals surface area contributed by atoms with Gasteiger partial charge in [0.2, 0.25) is 0 Å². The molecule has 1 unspecified atom stereocenters. The molecule has 3 fully saturated rings. The molecular weight excluding hydrogens is 356 g/mol. The number of halogens is 1. The molecule has 126 valence electrons. The number of carbonyl (C=O) groups is 2. The minimum Gasteiger partial charge on any atom is -0.393 e. The summed E-state index contributed by atoms with van der Waals surface area (Å²) < 4.78 is 0. The third-order valence-corrected chi connectivity index (χ3v) is 8.55. The molecule has 0 spiro atoms. The van der Waals surface area contributed by atoms with Crippen molar-refractivity contribution in [3.05, 3.63) is 12.2 Å². The molecule has 4 aliphatic rings.